The number of hydrogen-bond acceptors (Lipinski definition) is 2. The average molecular weight is 289 g/mol. The van der Waals surface area contributed by atoms with Crippen LogP contribution >= 0.6 is 11.6 Å². The van der Waals surface area contributed by atoms with Crippen molar-refractivity contribution in [1.82, 2.24) is 0 Å². The first-order valence-electron chi connectivity index (χ1n) is 6.36. The fourth-order valence-corrected chi connectivity index (χ4v) is 2.22. The van der Waals surface area contributed by atoms with E-state index in [4.69, 9.17) is 17.3 Å². The number of carbonyl (C=O) groups is 1. The molecule has 3 N–H and O–H groups in total. The van der Waals surface area contributed by atoms with Crippen LogP contribution in [0.5, 0.6) is 0 Å². The SMILES string of the molecule is Cc1ccc(C)c(CNc2ccc(Cl)c(C(N)=O)c2)c1. The van der Waals surface area contributed by atoms with Crippen LogP contribution in [0.15, 0.2) is 36.4 Å². The second-order valence-corrected chi connectivity index (χ2v) is 5.25. The Hall–Kier alpha value is -2.00. The molecule has 0 radical (unpaired) electrons. The van der Waals surface area contributed by atoms with Crippen molar-refractivity contribution in [3.8, 4) is 0 Å². The molecule has 2 aromatic carbocycles. The van der Waals surface area contributed by atoms with Crippen LogP contribution in [0.1, 0.15) is 27.0 Å². The molecule has 3 nitrogen and oxygen atoms in total. The molecule has 0 saturated carbocycles. The predicted octanol–water partition coefficient (Wildman–Crippen LogP) is 3.67. The second-order valence-electron chi connectivity index (χ2n) is 4.84. The lowest BCUT2D eigenvalue weighted by Crippen LogP contribution is -2.12. The van der Waals surface area contributed by atoms with Crippen molar-refractivity contribution in [3.63, 3.8) is 0 Å². The highest BCUT2D eigenvalue weighted by molar-refractivity contribution is 6.33. The zero-order chi connectivity index (χ0) is 14.7. The third-order valence-electron chi connectivity index (χ3n) is 3.22. The summed E-state index contributed by atoms with van der Waals surface area (Å²) in [4.78, 5) is 11.3. The lowest BCUT2D eigenvalue weighted by molar-refractivity contribution is 0.100. The van der Waals surface area contributed by atoms with E-state index in [1.54, 1.807) is 12.1 Å². The number of hydrogen-bond donors (Lipinski definition) is 2. The zero-order valence-electron chi connectivity index (χ0n) is 11.5. The number of anilines is 1. The van der Waals surface area contributed by atoms with Gasteiger partial charge in [0.25, 0.3) is 0 Å². The summed E-state index contributed by atoms with van der Waals surface area (Å²) in [5, 5.41) is 3.66. The maximum absolute atomic E-state index is 11.3. The Labute approximate surface area is 123 Å². The molecule has 104 valence electrons. The first-order valence-corrected chi connectivity index (χ1v) is 6.74. The smallest absolute Gasteiger partial charge is 0.250 e. The fraction of sp³-hybridized carbons (Fsp3) is 0.188. The van der Waals surface area contributed by atoms with Crippen molar-refractivity contribution in [3.05, 3.63) is 63.7 Å². The van der Waals surface area contributed by atoms with Gasteiger partial charge in [-0.05, 0) is 43.2 Å². The minimum atomic E-state index is -0.523. The van der Waals surface area contributed by atoms with Crippen molar-refractivity contribution in [1.29, 1.82) is 0 Å². The molecule has 0 aliphatic carbocycles. The van der Waals surface area contributed by atoms with Gasteiger partial charge in [0.05, 0.1) is 10.6 Å². The highest BCUT2D eigenvalue weighted by Gasteiger charge is 2.07. The number of rotatable bonds is 4. The lowest BCUT2D eigenvalue weighted by atomic mass is 10.1. The number of carbonyl (C=O) groups excluding carboxylic acids is 1. The van der Waals surface area contributed by atoms with Crippen LogP contribution in [0.4, 0.5) is 5.69 Å². The molecule has 0 saturated heterocycles. The van der Waals surface area contributed by atoms with Crippen LogP contribution in [0, 0.1) is 13.8 Å². The Kier molecular flexibility index (Phi) is 4.30. The van der Waals surface area contributed by atoms with E-state index in [0.717, 1.165) is 5.69 Å². The maximum Gasteiger partial charge on any atom is 0.250 e. The molecular formula is C16H17ClN2O. The average Bonchev–Trinajstić information content (AvgIpc) is 2.41. The van der Waals surface area contributed by atoms with E-state index in [2.05, 4.69) is 37.4 Å². The van der Waals surface area contributed by atoms with Crippen LogP contribution in [0.3, 0.4) is 0 Å². The minimum Gasteiger partial charge on any atom is -0.381 e. The summed E-state index contributed by atoms with van der Waals surface area (Å²) in [6, 6.07) is 11.5. The van der Waals surface area contributed by atoms with Gasteiger partial charge in [-0.3, -0.25) is 4.79 Å². The van der Waals surface area contributed by atoms with Crippen molar-refractivity contribution < 1.29 is 4.79 Å². The summed E-state index contributed by atoms with van der Waals surface area (Å²) in [5.74, 6) is -0.523. The third kappa shape index (κ3) is 3.31. The van der Waals surface area contributed by atoms with Crippen molar-refractivity contribution in [2.45, 2.75) is 20.4 Å². The highest BCUT2D eigenvalue weighted by Crippen LogP contribution is 2.21. The zero-order valence-corrected chi connectivity index (χ0v) is 12.3. The number of halogens is 1. The van der Waals surface area contributed by atoms with Crippen LogP contribution < -0.4 is 11.1 Å². The van der Waals surface area contributed by atoms with Gasteiger partial charge in [-0.15, -0.1) is 0 Å². The first-order chi connectivity index (χ1) is 9.47. The second kappa shape index (κ2) is 5.97. The quantitative estimate of drug-likeness (QED) is 0.902. The number of benzene rings is 2. The molecule has 2 rings (SSSR count). The molecule has 1 amide bonds. The minimum absolute atomic E-state index is 0.331. The topological polar surface area (TPSA) is 55.1 Å². The molecule has 2 aromatic rings. The third-order valence-corrected chi connectivity index (χ3v) is 3.55. The van der Waals surface area contributed by atoms with Crippen LogP contribution in [0.2, 0.25) is 5.02 Å². The van der Waals surface area contributed by atoms with Gasteiger partial charge in [-0.25, -0.2) is 0 Å². The van der Waals surface area contributed by atoms with E-state index in [1.807, 2.05) is 6.07 Å². The lowest BCUT2D eigenvalue weighted by Gasteiger charge is -2.11. The molecule has 0 heterocycles. The summed E-state index contributed by atoms with van der Waals surface area (Å²) in [6.45, 7) is 4.83. The Bertz CT molecular complexity index is 653. The van der Waals surface area contributed by atoms with Crippen LogP contribution in [-0.2, 0) is 6.54 Å². The standard InChI is InChI=1S/C16H17ClN2O/c1-10-3-4-11(2)12(7-10)9-19-13-5-6-15(17)14(8-13)16(18)20/h3-8,19H,9H2,1-2H3,(H2,18,20). The van der Waals surface area contributed by atoms with Gasteiger partial charge in [0, 0.05) is 12.2 Å². The number of amides is 1. The maximum atomic E-state index is 11.3. The van der Waals surface area contributed by atoms with E-state index >= 15 is 0 Å². The van der Waals surface area contributed by atoms with E-state index in [-0.39, 0.29) is 0 Å². The summed E-state index contributed by atoms with van der Waals surface area (Å²) in [7, 11) is 0. The Morgan fingerprint density at radius 1 is 1.20 bits per heavy atom. The van der Waals surface area contributed by atoms with E-state index in [9.17, 15) is 4.79 Å². The molecule has 0 unspecified atom stereocenters. The molecule has 0 fully saturated rings. The monoisotopic (exact) mass is 288 g/mol. The molecule has 0 bridgehead atoms. The Morgan fingerprint density at radius 2 is 1.95 bits per heavy atom. The van der Waals surface area contributed by atoms with Gasteiger partial charge >= 0.3 is 0 Å². The van der Waals surface area contributed by atoms with Crippen molar-refractivity contribution in [2.24, 2.45) is 5.73 Å². The summed E-state index contributed by atoms with van der Waals surface area (Å²) < 4.78 is 0. The first kappa shape index (κ1) is 14.4. The molecule has 0 aliphatic heterocycles. The van der Waals surface area contributed by atoms with Crippen LogP contribution in [-0.4, -0.2) is 5.91 Å². The van der Waals surface area contributed by atoms with Gasteiger partial charge in [0.1, 0.15) is 0 Å². The number of nitrogens with one attached hydrogen (secondary N) is 1. The van der Waals surface area contributed by atoms with Gasteiger partial charge in [-0.2, -0.15) is 0 Å². The van der Waals surface area contributed by atoms with E-state index in [0.29, 0.717) is 17.1 Å². The van der Waals surface area contributed by atoms with Gasteiger partial charge in [-0.1, -0.05) is 35.4 Å². The van der Waals surface area contributed by atoms with Crippen molar-refractivity contribution >= 4 is 23.2 Å². The fourth-order valence-electron chi connectivity index (χ4n) is 2.01. The Balaban J connectivity index is 2.17. The molecule has 0 spiro atoms. The van der Waals surface area contributed by atoms with Gasteiger partial charge in [0.2, 0.25) is 5.91 Å². The highest BCUT2D eigenvalue weighted by atomic mass is 35.5. The van der Waals surface area contributed by atoms with E-state index < -0.39 is 5.91 Å². The number of nitrogens with two attached hydrogens (primary N) is 1. The predicted molar refractivity (Wildman–Crippen MR) is 83.2 cm³/mol. The van der Waals surface area contributed by atoms with Gasteiger partial charge in [0.15, 0.2) is 0 Å². The summed E-state index contributed by atoms with van der Waals surface area (Å²) in [5.41, 5.74) is 10.1. The molecule has 0 atom stereocenters. The number of aryl methyl sites for hydroxylation is 2. The largest absolute Gasteiger partial charge is 0.381 e. The van der Waals surface area contributed by atoms with Gasteiger partial charge < -0.3 is 11.1 Å². The molecule has 4 heteroatoms. The van der Waals surface area contributed by atoms with Crippen LogP contribution in [0.25, 0.3) is 0 Å². The summed E-state index contributed by atoms with van der Waals surface area (Å²) in [6.07, 6.45) is 0. The summed E-state index contributed by atoms with van der Waals surface area (Å²) >= 11 is 5.93. The molecular weight excluding hydrogens is 272 g/mol. The number of primary amides is 1. The molecule has 20 heavy (non-hydrogen) atoms. The molecule has 0 aliphatic rings. The van der Waals surface area contributed by atoms with E-state index in [1.165, 1.54) is 16.7 Å². The normalized spacial score (nSPS) is 10.3. The Morgan fingerprint density at radius 3 is 2.65 bits per heavy atom. The van der Waals surface area contributed by atoms with Crippen molar-refractivity contribution in [2.75, 3.05) is 5.32 Å². The molecule has 0 aromatic heterocycles.